The topological polar surface area (TPSA) is 120 Å². The summed E-state index contributed by atoms with van der Waals surface area (Å²) in [6.45, 7) is 0. The zero-order valence-corrected chi connectivity index (χ0v) is 17.2. The van der Waals surface area contributed by atoms with E-state index in [1.54, 1.807) is 6.07 Å². The molecular weight excluding hydrogens is 458 g/mol. The maximum atomic E-state index is 10.6. The van der Waals surface area contributed by atoms with Gasteiger partial charge in [-0.05, 0) is 24.3 Å². The van der Waals surface area contributed by atoms with Crippen molar-refractivity contribution in [2.75, 3.05) is 11.5 Å². The van der Waals surface area contributed by atoms with Gasteiger partial charge in [-0.25, -0.2) is 9.78 Å². The van der Waals surface area contributed by atoms with Crippen LogP contribution in [0.5, 0.6) is 0 Å². The number of aliphatic carboxylic acids is 1. The van der Waals surface area contributed by atoms with E-state index in [1.165, 1.54) is 0 Å². The molecule has 4 rings (SSSR count). The van der Waals surface area contributed by atoms with Crippen LogP contribution in [0.2, 0.25) is 10.0 Å². The van der Waals surface area contributed by atoms with Crippen molar-refractivity contribution in [1.29, 1.82) is 0 Å². The number of hydrogen-bond acceptors (Lipinski definition) is 5. The Morgan fingerprint density at radius 1 is 1.10 bits per heavy atom. The van der Waals surface area contributed by atoms with E-state index in [-0.39, 0.29) is 5.95 Å². The molecule has 0 radical (unpaired) electrons. The SMILES string of the molecule is Cn1ccc2c3c(N)nc(N)nc3cc(-c3ccc(Cl)cc3Cl)c21.O=C(O)C(F)(F)F. The molecule has 0 saturated carbocycles. The lowest BCUT2D eigenvalue weighted by atomic mass is 9.99. The number of aryl methyl sites for hydroxylation is 1. The zero-order chi connectivity index (χ0) is 23.1. The maximum absolute atomic E-state index is 10.6. The van der Waals surface area contributed by atoms with Gasteiger partial charge in [0.15, 0.2) is 0 Å². The van der Waals surface area contributed by atoms with Gasteiger partial charge in [0.1, 0.15) is 5.82 Å². The third-order valence-electron chi connectivity index (χ3n) is 4.32. The Morgan fingerprint density at radius 3 is 2.32 bits per heavy atom. The molecule has 2 aromatic heterocycles. The Morgan fingerprint density at radius 2 is 1.74 bits per heavy atom. The molecule has 31 heavy (non-hydrogen) atoms. The first-order valence-corrected chi connectivity index (χ1v) is 9.22. The number of hydrogen-bond donors (Lipinski definition) is 3. The van der Waals surface area contributed by atoms with Gasteiger partial charge in [0.2, 0.25) is 5.95 Å². The van der Waals surface area contributed by atoms with Gasteiger partial charge in [-0.15, -0.1) is 0 Å². The molecule has 12 heteroatoms. The summed E-state index contributed by atoms with van der Waals surface area (Å²) < 4.78 is 33.8. The molecule has 0 fully saturated rings. The molecule has 5 N–H and O–H groups in total. The summed E-state index contributed by atoms with van der Waals surface area (Å²) in [4.78, 5) is 17.3. The zero-order valence-electron chi connectivity index (χ0n) is 15.7. The summed E-state index contributed by atoms with van der Waals surface area (Å²) in [5.74, 6) is -2.25. The van der Waals surface area contributed by atoms with Crippen molar-refractivity contribution in [3.05, 3.63) is 46.6 Å². The first-order chi connectivity index (χ1) is 14.4. The molecule has 0 aliphatic carbocycles. The number of carboxylic acid groups (broad SMARTS) is 1. The Balaban J connectivity index is 0.000000339. The van der Waals surface area contributed by atoms with Crippen LogP contribution < -0.4 is 11.5 Å². The van der Waals surface area contributed by atoms with E-state index in [0.29, 0.717) is 21.4 Å². The first kappa shape index (κ1) is 22.4. The molecule has 0 unspecified atom stereocenters. The molecule has 0 atom stereocenters. The number of rotatable bonds is 1. The van der Waals surface area contributed by atoms with Gasteiger partial charge in [-0.3, -0.25) is 0 Å². The Labute approximate surface area is 183 Å². The van der Waals surface area contributed by atoms with E-state index in [2.05, 4.69) is 9.97 Å². The molecule has 2 aromatic carbocycles. The number of nitrogen functional groups attached to an aromatic ring is 2. The molecule has 162 valence electrons. The van der Waals surface area contributed by atoms with Crippen LogP contribution in [0.15, 0.2) is 36.5 Å². The van der Waals surface area contributed by atoms with Crippen LogP contribution in [-0.2, 0) is 11.8 Å². The number of nitrogens with zero attached hydrogens (tertiary/aromatic N) is 3. The highest BCUT2D eigenvalue weighted by atomic mass is 35.5. The van der Waals surface area contributed by atoms with Gasteiger partial charge in [0.25, 0.3) is 0 Å². The second-order valence-corrected chi connectivity index (χ2v) is 7.24. The smallest absolute Gasteiger partial charge is 0.475 e. The fourth-order valence-electron chi connectivity index (χ4n) is 3.08. The quantitative estimate of drug-likeness (QED) is 0.363. The van der Waals surface area contributed by atoms with Crippen LogP contribution in [0.25, 0.3) is 32.9 Å². The van der Waals surface area contributed by atoms with Crippen molar-refractivity contribution in [3.8, 4) is 11.1 Å². The van der Waals surface area contributed by atoms with E-state index in [4.69, 9.17) is 44.6 Å². The second-order valence-electron chi connectivity index (χ2n) is 6.40. The largest absolute Gasteiger partial charge is 0.490 e. The molecule has 4 aromatic rings. The second kappa shape index (κ2) is 8.12. The highest BCUT2D eigenvalue weighted by molar-refractivity contribution is 6.37. The van der Waals surface area contributed by atoms with Crippen molar-refractivity contribution in [2.24, 2.45) is 7.05 Å². The van der Waals surface area contributed by atoms with E-state index in [1.807, 2.05) is 42.1 Å². The van der Waals surface area contributed by atoms with Gasteiger partial charge < -0.3 is 21.1 Å². The Bertz CT molecular complexity index is 1320. The number of carboxylic acids is 1. The number of nitrogens with two attached hydrogens (primary N) is 2. The van der Waals surface area contributed by atoms with Gasteiger partial charge in [0, 0.05) is 39.8 Å². The summed E-state index contributed by atoms with van der Waals surface area (Å²) in [6, 6.07) is 9.35. The first-order valence-electron chi connectivity index (χ1n) is 8.46. The summed E-state index contributed by atoms with van der Waals surface area (Å²) in [7, 11) is 1.97. The molecule has 0 aliphatic rings. The van der Waals surface area contributed by atoms with E-state index >= 15 is 0 Å². The molecule has 0 bridgehead atoms. The monoisotopic (exact) mass is 471 g/mol. The normalized spacial score (nSPS) is 11.4. The lowest BCUT2D eigenvalue weighted by Crippen LogP contribution is -2.21. The predicted octanol–water partition coefficient (Wildman–Crippen LogP) is 4.89. The minimum absolute atomic E-state index is 0.142. The summed E-state index contributed by atoms with van der Waals surface area (Å²) in [5.41, 5.74) is 15.3. The van der Waals surface area contributed by atoms with Gasteiger partial charge >= 0.3 is 12.1 Å². The number of halogens is 5. The van der Waals surface area contributed by atoms with Gasteiger partial charge in [-0.1, -0.05) is 29.3 Å². The molecule has 0 spiro atoms. The lowest BCUT2D eigenvalue weighted by Gasteiger charge is -2.12. The molecule has 2 heterocycles. The number of carbonyl (C=O) groups is 1. The van der Waals surface area contributed by atoms with Crippen LogP contribution in [0.3, 0.4) is 0 Å². The minimum Gasteiger partial charge on any atom is -0.475 e. The molecular formula is C19H14Cl2F3N5O2. The van der Waals surface area contributed by atoms with Crippen molar-refractivity contribution >= 4 is 62.7 Å². The summed E-state index contributed by atoms with van der Waals surface area (Å²) in [6.07, 6.45) is -3.12. The van der Waals surface area contributed by atoms with Crippen LogP contribution in [-0.4, -0.2) is 31.8 Å². The van der Waals surface area contributed by atoms with Gasteiger partial charge in [-0.2, -0.15) is 18.2 Å². The predicted molar refractivity (Wildman–Crippen MR) is 114 cm³/mol. The lowest BCUT2D eigenvalue weighted by molar-refractivity contribution is -0.192. The van der Waals surface area contributed by atoms with Crippen LogP contribution >= 0.6 is 23.2 Å². The van der Waals surface area contributed by atoms with Crippen molar-refractivity contribution in [2.45, 2.75) is 6.18 Å². The van der Waals surface area contributed by atoms with Crippen LogP contribution in [0.1, 0.15) is 0 Å². The minimum atomic E-state index is -5.08. The maximum Gasteiger partial charge on any atom is 0.490 e. The third kappa shape index (κ3) is 4.44. The highest BCUT2D eigenvalue weighted by Gasteiger charge is 2.38. The summed E-state index contributed by atoms with van der Waals surface area (Å²) in [5, 5.41) is 10.0. The van der Waals surface area contributed by atoms with Crippen molar-refractivity contribution in [3.63, 3.8) is 0 Å². The fourth-order valence-corrected chi connectivity index (χ4v) is 3.59. The molecule has 0 saturated heterocycles. The standard InChI is InChI=1S/C17H13Cl2N5.C2HF3O2/c1-24-5-4-10-14-13(22-17(21)23-16(14)20)7-11(15(10)24)9-3-2-8(18)6-12(9)19;3-2(4,5)1(6)7/h2-7H,1H3,(H4,20,21,22,23);(H,6,7). The van der Waals surface area contributed by atoms with Crippen LogP contribution in [0, 0.1) is 0 Å². The average Bonchev–Trinajstić information content (AvgIpc) is 3.02. The molecule has 0 amide bonds. The molecule has 0 aliphatic heterocycles. The van der Waals surface area contributed by atoms with E-state index < -0.39 is 12.1 Å². The van der Waals surface area contributed by atoms with Crippen LogP contribution in [0.4, 0.5) is 24.9 Å². The summed E-state index contributed by atoms with van der Waals surface area (Å²) >= 11 is 12.4. The number of fused-ring (bicyclic) bond motifs is 3. The van der Waals surface area contributed by atoms with E-state index in [0.717, 1.165) is 27.4 Å². The average molecular weight is 472 g/mol. The Hall–Kier alpha value is -3.24. The number of aromatic nitrogens is 3. The number of alkyl halides is 3. The number of anilines is 2. The van der Waals surface area contributed by atoms with Crippen molar-refractivity contribution < 1.29 is 23.1 Å². The van der Waals surface area contributed by atoms with Gasteiger partial charge in [0.05, 0.1) is 16.4 Å². The number of benzene rings is 2. The van der Waals surface area contributed by atoms with Crippen molar-refractivity contribution in [1.82, 2.24) is 14.5 Å². The third-order valence-corrected chi connectivity index (χ3v) is 4.87. The fraction of sp³-hybridized carbons (Fsp3) is 0.105. The van der Waals surface area contributed by atoms with E-state index in [9.17, 15) is 13.2 Å². The Kier molecular flexibility index (Phi) is 5.88. The highest BCUT2D eigenvalue weighted by Crippen LogP contribution is 2.39. The molecule has 7 nitrogen and oxygen atoms in total.